The van der Waals surface area contributed by atoms with Crippen LogP contribution in [0.5, 0.6) is 5.75 Å². The molecule has 3 heteroatoms. The first-order valence-electron chi connectivity index (χ1n) is 5.24. The molecule has 1 aromatic rings. The van der Waals surface area contributed by atoms with Gasteiger partial charge in [-0.15, -0.1) is 11.6 Å². The molecule has 0 amide bonds. The molecule has 0 saturated heterocycles. The summed E-state index contributed by atoms with van der Waals surface area (Å²) >= 11 is 5.78. The van der Waals surface area contributed by atoms with Crippen molar-refractivity contribution >= 4 is 11.6 Å². The van der Waals surface area contributed by atoms with Crippen LogP contribution in [0.1, 0.15) is 18.4 Å². The minimum Gasteiger partial charge on any atom is -0.467 e. The van der Waals surface area contributed by atoms with Crippen LogP contribution in [-0.2, 0) is 10.6 Å². The molecule has 1 aromatic carbocycles. The van der Waals surface area contributed by atoms with Crippen molar-refractivity contribution in [1.29, 1.82) is 0 Å². The second-order valence-electron chi connectivity index (χ2n) is 3.82. The highest BCUT2D eigenvalue weighted by atomic mass is 35.5. The third-order valence-corrected chi connectivity index (χ3v) is 2.75. The van der Waals surface area contributed by atoms with E-state index in [1.807, 2.05) is 24.3 Å². The van der Waals surface area contributed by atoms with Crippen LogP contribution >= 0.6 is 11.6 Å². The van der Waals surface area contributed by atoms with Gasteiger partial charge < -0.3 is 9.47 Å². The first kappa shape index (κ1) is 10.8. The van der Waals surface area contributed by atoms with E-state index in [2.05, 4.69) is 0 Å². The zero-order chi connectivity index (χ0) is 10.5. The van der Waals surface area contributed by atoms with Crippen molar-refractivity contribution < 1.29 is 9.47 Å². The molecular weight excluding hydrogens is 212 g/mol. The van der Waals surface area contributed by atoms with Gasteiger partial charge in [0.05, 0.1) is 12.5 Å². The van der Waals surface area contributed by atoms with Gasteiger partial charge in [0.1, 0.15) is 5.75 Å². The summed E-state index contributed by atoms with van der Waals surface area (Å²) in [6.07, 6.45) is 2.61. The fourth-order valence-electron chi connectivity index (χ4n) is 1.36. The lowest BCUT2D eigenvalue weighted by atomic mass is 10.2. The van der Waals surface area contributed by atoms with Crippen LogP contribution < -0.4 is 4.74 Å². The van der Waals surface area contributed by atoms with E-state index in [4.69, 9.17) is 21.1 Å². The van der Waals surface area contributed by atoms with Crippen molar-refractivity contribution in [3.63, 3.8) is 0 Å². The number of alkyl halides is 1. The molecule has 0 radical (unpaired) electrons. The lowest BCUT2D eigenvalue weighted by Crippen LogP contribution is -2.06. The Bertz CT molecular complexity index is 310. The Labute approximate surface area is 95.1 Å². The van der Waals surface area contributed by atoms with Crippen molar-refractivity contribution in [2.24, 2.45) is 5.92 Å². The fraction of sp³-hybridized carbons (Fsp3) is 0.500. The summed E-state index contributed by atoms with van der Waals surface area (Å²) in [5, 5.41) is 0. The number of hydrogen-bond donors (Lipinski definition) is 0. The van der Waals surface area contributed by atoms with Gasteiger partial charge in [0.25, 0.3) is 0 Å². The molecule has 0 aromatic heterocycles. The average Bonchev–Trinajstić information content (AvgIpc) is 3.09. The van der Waals surface area contributed by atoms with Crippen LogP contribution in [0, 0.1) is 5.92 Å². The molecule has 0 unspecified atom stereocenters. The summed E-state index contributed by atoms with van der Waals surface area (Å²) in [6, 6.07) is 7.77. The first-order valence-corrected chi connectivity index (χ1v) is 5.78. The molecule has 2 rings (SSSR count). The van der Waals surface area contributed by atoms with E-state index in [9.17, 15) is 0 Å². The zero-order valence-corrected chi connectivity index (χ0v) is 9.37. The molecule has 15 heavy (non-hydrogen) atoms. The third-order valence-electron chi connectivity index (χ3n) is 2.46. The predicted molar refractivity (Wildman–Crippen MR) is 60.2 cm³/mol. The van der Waals surface area contributed by atoms with Gasteiger partial charge in [-0.2, -0.15) is 0 Å². The fourth-order valence-corrected chi connectivity index (χ4v) is 1.58. The van der Waals surface area contributed by atoms with Crippen LogP contribution in [0.3, 0.4) is 0 Å². The van der Waals surface area contributed by atoms with Crippen LogP contribution in [-0.4, -0.2) is 13.4 Å². The lowest BCUT2D eigenvalue weighted by Gasteiger charge is -2.09. The van der Waals surface area contributed by atoms with Crippen molar-refractivity contribution in [2.45, 2.75) is 18.7 Å². The van der Waals surface area contributed by atoms with E-state index in [0.29, 0.717) is 12.7 Å². The Morgan fingerprint density at radius 2 is 2.07 bits per heavy atom. The van der Waals surface area contributed by atoms with Crippen LogP contribution in [0.15, 0.2) is 24.3 Å². The Balaban J connectivity index is 1.75. The molecular formula is C12H15ClO2. The number of ether oxygens (including phenoxy) is 2. The van der Waals surface area contributed by atoms with Gasteiger partial charge in [-0.3, -0.25) is 0 Å². The van der Waals surface area contributed by atoms with E-state index in [1.54, 1.807) is 0 Å². The topological polar surface area (TPSA) is 18.5 Å². The average molecular weight is 227 g/mol. The van der Waals surface area contributed by atoms with Crippen molar-refractivity contribution in [3.8, 4) is 5.75 Å². The number of hydrogen-bond acceptors (Lipinski definition) is 2. The molecule has 1 fully saturated rings. The smallest absolute Gasteiger partial charge is 0.189 e. The van der Waals surface area contributed by atoms with Gasteiger partial charge in [0, 0.05) is 5.56 Å². The molecule has 0 spiro atoms. The van der Waals surface area contributed by atoms with E-state index in [-0.39, 0.29) is 0 Å². The highest BCUT2D eigenvalue weighted by molar-refractivity contribution is 6.17. The number of benzene rings is 1. The predicted octanol–water partition coefficient (Wildman–Crippen LogP) is 3.19. The van der Waals surface area contributed by atoms with Crippen molar-refractivity contribution in [2.75, 3.05) is 13.4 Å². The van der Waals surface area contributed by atoms with Gasteiger partial charge in [0.15, 0.2) is 6.79 Å². The highest BCUT2D eigenvalue weighted by Gasteiger charge is 2.21. The molecule has 1 aliphatic carbocycles. The Kier molecular flexibility index (Phi) is 3.87. The van der Waals surface area contributed by atoms with Gasteiger partial charge in [-0.05, 0) is 24.8 Å². The normalized spacial score (nSPS) is 15.3. The van der Waals surface area contributed by atoms with E-state index in [1.165, 1.54) is 12.8 Å². The largest absolute Gasteiger partial charge is 0.467 e. The molecule has 82 valence electrons. The zero-order valence-electron chi connectivity index (χ0n) is 8.62. The maximum absolute atomic E-state index is 5.78. The van der Waals surface area contributed by atoms with Crippen LogP contribution in [0.2, 0.25) is 0 Å². The number of halogens is 1. The van der Waals surface area contributed by atoms with Gasteiger partial charge in [-0.25, -0.2) is 0 Å². The standard InChI is InChI=1S/C12H15ClO2/c13-7-11-3-1-2-4-12(11)15-9-14-8-10-5-6-10/h1-4,10H,5-9H2. The number of rotatable bonds is 6. The first-order chi connectivity index (χ1) is 7.40. The Morgan fingerprint density at radius 1 is 1.27 bits per heavy atom. The maximum Gasteiger partial charge on any atom is 0.189 e. The lowest BCUT2D eigenvalue weighted by molar-refractivity contribution is 0.00957. The van der Waals surface area contributed by atoms with Crippen LogP contribution in [0.25, 0.3) is 0 Å². The monoisotopic (exact) mass is 226 g/mol. The Morgan fingerprint density at radius 3 is 2.80 bits per heavy atom. The summed E-state index contributed by atoms with van der Waals surface area (Å²) in [5.74, 6) is 2.07. The van der Waals surface area contributed by atoms with Crippen molar-refractivity contribution in [1.82, 2.24) is 0 Å². The summed E-state index contributed by atoms with van der Waals surface area (Å²) in [7, 11) is 0. The minimum absolute atomic E-state index is 0.324. The molecule has 2 nitrogen and oxygen atoms in total. The van der Waals surface area contributed by atoms with E-state index >= 15 is 0 Å². The van der Waals surface area contributed by atoms with Gasteiger partial charge in [-0.1, -0.05) is 18.2 Å². The number of para-hydroxylation sites is 1. The molecule has 0 atom stereocenters. The quantitative estimate of drug-likeness (QED) is 0.421. The second kappa shape index (κ2) is 5.38. The molecule has 0 N–H and O–H groups in total. The molecule has 0 bridgehead atoms. The Hall–Kier alpha value is -0.730. The minimum atomic E-state index is 0.324. The van der Waals surface area contributed by atoms with Gasteiger partial charge >= 0.3 is 0 Å². The summed E-state index contributed by atoms with van der Waals surface area (Å²) in [6.45, 7) is 1.15. The van der Waals surface area contributed by atoms with Gasteiger partial charge in [0.2, 0.25) is 0 Å². The summed E-state index contributed by atoms with van der Waals surface area (Å²) < 4.78 is 10.9. The van der Waals surface area contributed by atoms with E-state index in [0.717, 1.165) is 23.8 Å². The molecule has 1 aliphatic rings. The maximum atomic E-state index is 5.78. The second-order valence-corrected chi connectivity index (χ2v) is 4.08. The summed E-state index contributed by atoms with van der Waals surface area (Å²) in [4.78, 5) is 0. The molecule has 0 aliphatic heterocycles. The third kappa shape index (κ3) is 3.40. The van der Waals surface area contributed by atoms with Crippen molar-refractivity contribution in [3.05, 3.63) is 29.8 Å². The SMILES string of the molecule is ClCc1ccccc1OCOCC1CC1. The highest BCUT2D eigenvalue weighted by Crippen LogP contribution is 2.28. The molecule has 1 saturated carbocycles. The van der Waals surface area contributed by atoms with Crippen LogP contribution in [0.4, 0.5) is 0 Å². The summed E-state index contributed by atoms with van der Waals surface area (Å²) in [5.41, 5.74) is 1.01. The van der Waals surface area contributed by atoms with E-state index < -0.39 is 0 Å². The molecule has 0 heterocycles.